The first-order valence-electron chi connectivity index (χ1n) is 10.3. The Kier molecular flexibility index (Phi) is 7.05. The topological polar surface area (TPSA) is 97.8 Å². The van der Waals surface area contributed by atoms with Crippen LogP contribution in [0.3, 0.4) is 0 Å². The van der Waals surface area contributed by atoms with Gasteiger partial charge in [-0.15, -0.1) is 0 Å². The number of carbonyl (C=O) groups excluding carboxylic acids is 1. The third kappa shape index (κ3) is 4.77. The third-order valence-electron chi connectivity index (χ3n) is 6.07. The van der Waals surface area contributed by atoms with Crippen LogP contribution in [-0.4, -0.2) is 41.7 Å². The fraction of sp³-hybridized carbons (Fsp3) is 0.435. The molecule has 0 spiro atoms. The van der Waals surface area contributed by atoms with Crippen molar-refractivity contribution in [3.8, 4) is 22.8 Å². The standard InChI is InChI=1S/C23H27ClN2O5/c1-4-14-7-9-23(10-8-14,22(28)29)26-20(27)16-11-17(21(31-3)25-13-16)15-5-6-19(30-2)18(24)12-15/h5-6,11-14H,4,7-10H2,1-3H3,(H,26,27)(H,28,29)/t14-,23+. The molecule has 1 aromatic carbocycles. The van der Waals surface area contributed by atoms with Crippen molar-refractivity contribution < 1.29 is 24.2 Å². The number of nitrogens with zero attached hydrogens (tertiary/aromatic N) is 1. The molecule has 2 N–H and O–H groups in total. The molecule has 1 aromatic heterocycles. The number of aromatic nitrogens is 1. The second-order valence-corrected chi connectivity index (χ2v) is 8.23. The Morgan fingerprint density at radius 1 is 1.23 bits per heavy atom. The quantitative estimate of drug-likeness (QED) is 0.646. The molecule has 7 nitrogen and oxygen atoms in total. The lowest BCUT2D eigenvalue weighted by Crippen LogP contribution is -2.56. The zero-order chi connectivity index (χ0) is 22.6. The molecule has 1 amide bonds. The summed E-state index contributed by atoms with van der Waals surface area (Å²) in [7, 11) is 3.02. The summed E-state index contributed by atoms with van der Waals surface area (Å²) in [6.07, 6.45) is 4.78. The average molecular weight is 447 g/mol. The number of carbonyl (C=O) groups is 2. The molecule has 0 atom stereocenters. The van der Waals surface area contributed by atoms with Gasteiger partial charge in [0.25, 0.3) is 5.91 Å². The number of benzene rings is 1. The van der Waals surface area contributed by atoms with Crippen molar-refractivity contribution in [1.82, 2.24) is 10.3 Å². The van der Waals surface area contributed by atoms with Crippen molar-refractivity contribution in [1.29, 1.82) is 0 Å². The van der Waals surface area contributed by atoms with Gasteiger partial charge in [0.1, 0.15) is 11.3 Å². The maximum absolute atomic E-state index is 13.0. The first-order valence-corrected chi connectivity index (χ1v) is 10.6. The molecule has 0 saturated heterocycles. The van der Waals surface area contributed by atoms with Crippen LogP contribution in [0, 0.1) is 5.92 Å². The normalized spacial score (nSPS) is 20.7. The van der Waals surface area contributed by atoms with Gasteiger partial charge >= 0.3 is 5.97 Å². The fourth-order valence-electron chi connectivity index (χ4n) is 4.04. The summed E-state index contributed by atoms with van der Waals surface area (Å²) in [6, 6.07) is 6.84. The molecule has 1 aliphatic rings. The zero-order valence-electron chi connectivity index (χ0n) is 17.9. The van der Waals surface area contributed by atoms with Gasteiger partial charge in [-0.1, -0.05) is 31.0 Å². The minimum Gasteiger partial charge on any atom is -0.495 e. The van der Waals surface area contributed by atoms with E-state index in [-0.39, 0.29) is 5.56 Å². The van der Waals surface area contributed by atoms with Crippen LogP contribution in [0.15, 0.2) is 30.5 Å². The van der Waals surface area contributed by atoms with E-state index in [4.69, 9.17) is 21.1 Å². The lowest BCUT2D eigenvalue weighted by molar-refractivity contribution is -0.146. The number of aliphatic carboxylic acids is 1. The van der Waals surface area contributed by atoms with Gasteiger partial charge in [-0.05, 0) is 55.4 Å². The molecule has 0 bridgehead atoms. The lowest BCUT2D eigenvalue weighted by atomic mass is 9.75. The number of pyridine rings is 1. The molecule has 1 heterocycles. The number of hydrogen-bond acceptors (Lipinski definition) is 5. The molecule has 0 radical (unpaired) electrons. The van der Waals surface area contributed by atoms with E-state index in [2.05, 4.69) is 17.2 Å². The smallest absolute Gasteiger partial charge is 0.329 e. The molecule has 3 rings (SSSR count). The summed E-state index contributed by atoms with van der Waals surface area (Å²) in [5.74, 6) is -0.127. The zero-order valence-corrected chi connectivity index (χ0v) is 18.7. The van der Waals surface area contributed by atoms with Crippen LogP contribution in [0.4, 0.5) is 0 Å². The van der Waals surface area contributed by atoms with E-state index < -0.39 is 17.4 Å². The molecule has 31 heavy (non-hydrogen) atoms. The first-order chi connectivity index (χ1) is 14.8. The van der Waals surface area contributed by atoms with Crippen LogP contribution < -0.4 is 14.8 Å². The molecular formula is C23H27ClN2O5. The number of rotatable bonds is 7. The molecule has 0 unspecified atom stereocenters. The van der Waals surface area contributed by atoms with E-state index >= 15 is 0 Å². The number of ether oxygens (including phenoxy) is 2. The molecule has 2 aromatic rings. The SMILES string of the molecule is CC[C@H]1CC[C@](NC(=O)c2cnc(OC)c(-c3ccc(OC)c(Cl)c3)c2)(C(=O)O)CC1. The van der Waals surface area contributed by atoms with E-state index in [9.17, 15) is 14.7 Å². The van der Waals surface area contributed by atoms with Gasteiger partial charge in [-0.2, -0.15) is 0 Å². The molecule has 8 heteroatoms. The summed E-state index contributed by atoms with van der Waals surface area (Å²) < 4.78 is 10.5. The molecule has 0 aliphatic heterocycles. The summed E-state index contributed by atoms with van der Waals surface area (Å²) in [4.78, 5) is 29.3. The number of nitrogens with one attached hydrogen (secondary N) is 1. The van der Waals surface area contributed by atoms with Gasteiger partial charge in [-0.3, -0.25) is 4.79 Å². The Morgan fingerprint density at radius 3 is 2.48 bits per heavy atom. The van der Waals surface area contributed by atoms with Crippen molar-refractivity contribution in [3.63, 3.8) is 0 Å². The summed E-state index contributed by atoms with van der Waals surface area (Å²) >= 11 is 6.25. The molecular weight excluding hydrogens is 420 g/mol. The fourth-order valence-corrected chi connectivity index (χ4v) is 4.30. The van der Waals surface area contributed by atoms with Gasteiger partial charge in [0.05, 0.1) is 24.8 Å². The van der Waals surface area contributed by atoms with Crippen molar-refractivity contribution in [3.05, 3.63) is 41.0 Å². The van der Waals surface area contributed by atoms with Crippen molar-refractivity contribution in [2.75, 3.05) is 14.2 Å². The highest BCUT2D eigenvalue weighted by atomic mass is 35.5. The second kappa shape index (κ2) is 9.56. The van der Waals surface area contributed by atoms with Crippen LogP contribution in [0.25, 0.3) is 11.1 Å². The Hall–Kier alpha value is -2.80. The summed E-state index contributed by atoms with van der Waals surface area (Å²) in [6.45, 7) is 2.10. The number of carboxylic acids is 1. The predicted molar refractivity (Wildman–Crippen MR) is 118 cm³/mol. The Bertz CT molecular complexity index is 970. The van der Waals surface area contributed by atoms with E-state index in [0.29, 0.717) is 46.5 Å². The van der Waals surface area contributed by atoms with Gasteiger partial charge in [0.2, 0.25) is 5.88 Å². The molecule has 1 saturated carbocycles. The maximum Gasteiger partial charge on any atom is 0.329 e. The summed E-state index contributed by atoms with van der Waals surface area (Å²) in [5.41, 5.74) is 0.257. The van der Waals surface area contributed by atoms with Crippen LogP contribution in [0.2, 0.25) is 5.02 Å². The largest absolute Gasteiger partial charge is 0.495 e. The van der Waals surface area contributed by atoms with Crippen LogP contribution in [0.1, 0.15) is 49.4 Å². The van der Waals surface area contributed by atoms with E-state index in [1.54, 1.807) is 24.3 Å². The second-order valence-electron chi connectivity index (χ2n) is 7.82. The number of hydrogen-bond donors (Lipinski definition) is 2. The minimum atomic E-state index is -1.26. The van der Waals surface area contributed by atoms with E-state index in [0.717, 1.165) is 19.3 Å². The number of amides is 1. The number of carboxylic acid groups (broad SMARTS) is 1. The van der Waals surface area contributed by atoms with Crippen LogP contribution in [0.5, 0.6) is 11.6 Å². The Morgan fingerprint density at radius 2 is 1.94 bits per heavy atom. The lowest BCUT2D eigenvalue weighted by Gasteiger charge is -2.37. The van der Waals surface area contributed by atoms with Gasteiger partial charge in [-0.25, -0.2) is 9.78 Å². The van der Waals surface area contributed by atoms with Crippen LogP contribution in [-0.2, 0) is 4.79 Å². The van der Waals surface area contributed by atoms with Crippen molar-refractivity contribution >= 4 is 23.5 Å². The highest BCUT2D eigenvalue weighted by Gasteiger charge is 2.43. The number of methoxy groups -OCH3 is 2. The van der Waals surface area contributed by atoms with E-state index in [1.165, 1.54) is 20.4 Å². The van der Waals surface area contributed by atoms with Gasteiger partial charge in [0, 0.05) is 11.8 Å². The number of halogens is 1. The predicted octanol–water partition coefficient (Wildman–Crippen LogP) is 4.57. The molecule has 1 aliphatic carbocycles. The highest BCUT2D eigenvalue weighted by Crippen LogP contribution is 2.36. The first kappa shape index (κ1) is 22.9. The summed E-state index contributed by atoms with van der Waals surface area (Å²) in [5, 5.41) is 13.0. The van der Waals surface area contributed by atoms with Crippen LogP contribution >= 0.6 is 11.6 Å². The highest BCUT2D eigenvalue weighted by molar-refractivity contribution is 6.32. The monoisotopic (exact) mass is 446 g/mol. The van der Waals surface area contributed by atoms with Crippen molar-refractivity contribution in [2.45, 2.75) is 44.6 Å². The molecule has 1 fully saturated rings. The maximum atomic E-state index is 13.0. The third-order valence-corrected chi connectivity index (χ3v) is 6.36. The average Bonchev–Trinajstić information content (AvgIpc) is 2.78. The van der Waals surface area contributed by atoms with Crippen molar-refractivity contribution in [2.24, 2.45) is 5.92 Å². The Balaban J connectivity index is 1.90. The van der Waals surface area contributed by atoms with E-state index in [1.807, 2.05) is 0 Å². The van der Waals surface area contributed by atoms with Gasteiger partial charge in [0.15, 0.2) is 0 Å². The minimum absolute atomic E-state index is 0.251. The Labute approximate surface area is 186 Å². The molecule has 166 valence electrons. The van der Waals surface area contributed by atoms with Gasteiger partial charge < -0.3 is 19.9 Å².